The molecule has 184 valence electrons. The highest BCUT2D eigenvalue weighted by Gasteiger charge is 2.30. The average molecular weight is 493 g/mol. The Bertz CT molecular complexity index is 1060. The van der Waals surface area contributed by atoms with Gasteiger partial charge in [-0.2, -0.15) is 0 Å². The molecule has 0 aliphatic heterocycles. The Balaban J connectivity index is 1.82. The lowest BCUT2D eigenvalue weighted by molar-refractivity contribution is -0.139. The summed E-state index contributed by atoms with van der Waals surface area (Å²) in [6.07, 6.45) is 1.24. The van der Waals surface area contributed by atoms with Gasteiger partial charge in [-0.25, -0.2) is 4.39 Å². The number of nitrogens with zero attached hydrogens (tertiary/aromatic N) is 1. The molecule has 0 saturated carbocycles. The fourth-order valence-electron chi connectivity index (χ4n) is 3.69. The maximum Gasteiger partial charge on any atom is 0.243 e. The molecule has 1 N–H and O–H groups in total. The van der Waals surface area contributed by atoms with Crippen molar-refractivity contribution < 1.29 is 14.0 Å². The number of hydrogen-bond acceptors (Lipinski definition) is 3. The lowest BCUT2D eigenvalue weighted by Gasteiger charge is -2.32. The number of nitrogens with one attached hydrogen (secondary N) is 1. The number of hydrogen-bond donors (Lipinski definition) is 1. The smallest absolute Gasteiger partial charge is 0.243 e. The molecule has 0 spiro atoms. The maximum atomic E-state index is 13.5. The highest BCUT2D eigenvalue weighted by Crippen LogP contribution is 2.19. The summed E-state index contributed by atoms with van der Waals surface area (Å²) in [5.41, 5.74) is 2.93. The van der Waals surface area contributed by atoms with Crippen LogP contribution < -0.4 is 5.32 Å². The number of amides is 2. The molecule has 2 atom stereocenters. The van der Waals surface area contributed by atoms with Crippen LogP contribution in [0.3, 0.4) is 0 Å². The van der Waals surface area contributed by atoms with Gasteiger partial charge in [0.15, 0.2) is 0 Å². The summed E-state index contributed by atoms with van der Waals surface area (Å²) < 4.78 is 13.2. The monoisotopic (exact) mass is 492 g/mol. The summed E-state index contributed by atoms with van der Waals surface area (Å²) >= 11 is 1.47. The van der Waals surface area contributed by atoms with Gasteiger partial charge in [-0.15, -0.1) is 11.8 Å². The van der Waals surface area contributed by atoms with Crippen LogP contribution in [0.2, 0.25) is 0 Å². The summed E-state index contributed by atoms with van der Waals surface area (Å²) in [5.74, 6) is 0.303. The second kappa shape index (κ2) is 13.7. The number of carbonyl (C=O) groups excluding carboxylic acids is 2. The highest BCUT2D eigenvalue weighted by atomic mass is 32.2. The van der Waals surface area contributed by atoms with Crippen molar-refractivity contribution in [2.45, 2.75) is 51.1 Å². The molecule has 4 nitrogen and oxygen atoms in total. The van der Waals surface area contributed by atoms with Crippen LogP contribution >= 0.6 is 11.8 Å². The molecule has 2 unspecified atom stereocenters. The van der Waals surface area contributed by atoms with E-state index in [1.54, 1.807) is 17.0 Å². The van der Waals surface area contributed by atoms with Gasteiger partial charge in [-0.3, -0.25) is 9.59 Å². The van der Waals surface area contributed by atoms with Gasteiger partial charge in [0.25, 0.3) is 0 Å². The minimum Gasteiger partial charge on any atom is -0.352 e. The van der Waals surface area contributed by atoms with Crippen LogP contribution in [0.25, 0.3) is 0 Å². The number of benzene rings is 3. The molecule has 0 aromatic heterocycles. The molecule has 0 bridgehead atoms. The zero-order valence-electron chi connectivity index (χ0n) is 20.3. The van der Waals surface area contributed by atoms with E-state index in [0.29, 0.717) is 18.7 Å². The van der Waals surface area contributed by atoms with Crippen molar-refractivity contribution in [3.05, 3.63) is 107 Å². The van der Waals surface area contributed by atoms with Crippen LogP contribution in [-0.2, 0) is 28.3 Å². The molecule has 0 heterocycles. The largest absolute Gasteiger partial charge is 0.352 e. The number of thioether (sulfide) groups is 1. The van der Waals surface area contributed by atoms with Crippen molar-refractivity contribution in [3.63, 3.8) is 0 Å². The predicted octanol–water partition coefficient (Wildman–Crippen LogP) is 5.61. The van der Waals surface area contributed by atoms with Crippen LogP contribution in [0.15, 0.2) is 84.9 Å². The summed E-state index contributed by atoms with van der Waals surface area (Å²) in [6.45, 7) is 4.34. The zero-order valence-corrected chi connectivity index (χ0v) is 21.1. The molecule has 3 rings (SSSR count). The molecule has 2 amide bonds. The first-order valence-electron chi connectivity index (χ1n) is 12.0. The average Bonchev–Trinajstić information content (AvgIpc) is 2.88. The molecule has 0 radical (unpaired) electrons. The van der Waals surface area contributed by atoms with E-state index in [9.17, 15) is 14.0 Å². The molecule has 3 aromatic rings. The van der Waals surface area contributed by atoms with E-state index in [2.05, 4.69) is 5.32 Å². The Labute approximate surface area is 211 Å². The Kier molecular flexibility index (Phi) is 10.4. The molecule has 35 heavy (non-hydrogen) atoms. The first-order valence-corrected chi connectivity index (χ1v) is 13.1. The van der Waals surface area contributed by atoms with Gasteiger partial charge in [0.05, 0.1) is 5.75 Å². The molecule has 6 heteroatoms. The van der Waals surface area contributed by atoms with E-state index in [0.717, 1.165) is 23.1 Å². The van der Waals surface area contributed by atoms with Crippen LogP contribution in [-0.4, -0.2) is 34.6 Å². The standard InChI is InChI=1S/C29H33FN2O2S/c1-3-22(2)31-29(34)27(18-23-10-6-4-7-11-23)32(19-24-12-8-5-9-13-24)28(33)21-35-20-25-14-16-26(30)17-15-25/h4-17,22,27H,3,18-21H2,1-2H3,(H,31,34). The Morgan fingerprint density at radius 1 is 0.886 bits per heavy atom. The van der Waals surface area contributed by atoms with E-state index in [4.69, 9.17) is 0 Å². The van der Waals surface area contributed by atoms with E-state index < -0.39 is 6.04 Å². The normalized spacial score (nSPS) is 12.5. The van der Waals surface area contributed by atoms with Gasteiger partial charge in [-0.1, -0.05) is 79.7 Å². The molecular formula is C29H33FN2O2S. The first-order chi connectivity index (χ1) is 17.0. The minimum absolute atomic E-state index is 0.0160. The van der Waals surface area contributed by atoms with Crippen molar-refractivity contribution in [1.82, 2.24) is 10.2 Å². The predicted molar refractivity (Wildman–Crippen MR) is 141 cm³/mol. The fourth-order valence-corrected chi connectivity index (χ4v) is 4.57. The molecule has 0 saturated heterocycles. The van der Waals surface area contributed by atoms with Gasteiger partial charge in [-0.05, 0) is 42.2 Å². The lowest BCUT2D eigenvalue weighted by atomic mass is 10.0. The van der Waals surface area contributed by atoms with Crippen molar-refractivity contribution in [1.29, 1.82) is 0 Å². The van der Waals surface area contributed by atoms with Crippen LogP contribution in [0.1, 0.15) is 37.0 Å². The molecule has 0 aliphatic carbocycles. The van der Waals surface area contributed by atoms with Gasteiger partial charge >= 0.3 is 0 Å². The van der Waals surface area contributed by atoms with Crippen molar-refractivity contribution in [2.75, 3.05) is 5.75 Å². The summed E-state index contributed by atoms with van der Waals surface area (Å²) in [5, 5.41) is 3.08. The number of carbonyl (C=O) groups is 2. The Morgan fingerprint density at radius 2 is 1.49 bits per heavy atom. The number of rotatable bonds is 12. The Morgan fingerprint density at radius 3 is 2.09 bits per heavy atom. The molecule has 0 fully saturated rings. The second-order valence-electron chi connectivity index (χ2n) is 8.65. The minimum atomic E-state index is -0.634. The van der Waals surface area contributed by atoms with Gasteiger partial charge < -0.3 is 10.2 Å². The van der Waals surface area contributed by atoms with Gasteiger partial charge in [0.1, 0.15) is 11.9 Å². The fraction of sp³-hybridized carbons (Fsp3) is 0.310. The van der Waals surface area contributed by atoms with Crippen molar-refractivity contribution in [2.24, 2.45) is 0 Å². The lowest BCUT2D eigenvalue weighted by Crippen LogP contribution is -2.52. The first kappa shape index (κ1) is 26.5. The summed E-state index contributed by atoms with van der Waals surface area (Å²) in [7, 11) is 0. The maximum absolute atomic E-state index is 13.5. The second-order valence-corrected chi connectivity index (χ2v) is 9.64. The molecule has 3 aromatic carbocycles. The van der Waals surface area contributed by atoms with Gasteiger partial charge in [0.2, 0.25) is 11.8 Å². The highest BCUT2D eigenvalue weighted by molar-refractivity contribution is 7.99. The third-order valence-corrected chi connectivity index (χ3v) is 6.86. The molecule has 0 aliphatic rings. The Hall–Kier alpha value is -3.12. The van der Waals surface area contributed by atoms with Crippen molar-refractivity contribution >= 4 is 23.6 Å². The van der Waals surface area contributed by atoms with E-state index in [1.165, 1.54) is 23.9 Å². The van der Waals surface area contributed by atoms with Crippen LogP contribution in [0.5, 0.6) is 0 Å². The third-order valence-electron chi connectivity index (χ3n) is 5.88. The molecular weight excluding hydrogens is 459 g/mol. The quantitative estimate of drug-likeness (QED) is 0.357. The van der Waals surface area contributed by atoms with Gasteiger partial charge in [0, 0.05) is 24.8 Å². The SMILES string of the molecule is CCC(C)NC(=O)C(Cc1ccccc1)N(Cc1ccccc1)C(=O)CSCc1ccc(F)cc1. The third kappa shape index (κ3) is 8.55. The van der Waals surface area contributed by atoms with Crippen LogP contribution in [0, 0.1) is 5.82 Å². The van der Waals surface area contributed by atoms with Crippen molar-refractivity contribution in [3.8, 4) is 0 Å². The zero-order chi connectivity index (χ0) is 25.0. The summed E-state index contributed by atoms with van der Waals surface area (Å²) in [4.78, 5) is 28.7. The van der Waals surface area contributed by atoms with E-state index >= 15 is 0 Å². The topological polar surface area (TPSA) is 49.4 Å². The van der Waals surface area contributed by atoms with E-state index in [1.807, 2.05) is 74.5 Å². The summed E-state index contributed by atoms with van der Waals surface area (Å²) in [6, 6.07) is 25.2. The van der Waals surface area contributed by atoms with Crippen LogP contribution in [0.4, 0.5) is 4.39 Å². The number of halogens is 1. The van der Waals surface area contributed by atoms with E-state index in [-0.39, 0.29) is 29.4 Å².